The predicted molar refractivity (Wildman–Crippen MR) is 107 cm³/mol. The maximum Gasteiger partial charge on any atom is 0.278 e. The van der Waals surface area contributed by atoms with E-state index in [0.29, 0.717) is 25.0 Å². The first-order valence-electron chi connectivity index (χ1n) is 9.96. The summed E-state index contributed by atoms with van der Waals surface area (Å²) in [4.78, 5) is 25.7. The van der Waals surface area contributed by atoms with Gasteiger partial charge in [-0.05, 0) is 12.0 Å². The minimum atomic E-state index is -1.30. The first-order chi connectivity index (χ1) is 14.6. The SMILES string of the molecule is O=c1[nH]cnc2c1nc(N1CCC(c3ccccc3)C1)n2C1OC(CO)C(O)C1O. The average Bonchev–Trinajstić information content (AvgIpc) is 3.46. The number of nitrogens with zero attached hydrogens (tertiary/aromatic N) is 4. The molecule has 30 heavy (non-hydrogen) atoms. The number of fused-ring (bicyclic) bond motifs is 1. The maximum absolute atomic E-state index is 12.3. The lowest BCUT2D eigenvalue weighted by molar-refractivity contribution is -0.0504. The van der Waals surface area contributed by atoms with Crippen LogP contribution in [0.15, 0.2) is 41.5 Å². The zero-order valence-electron chi connectivity index (χ0n) is 16.1. The summed E-state index contributed by atoms with van der Waals surface area (Å²) in [7, 11) is 0. The molecule has 158 valence electrons. The van der Waals surface area contributed by atoms with Crippen molar-refractivity contribution >= 4 is 17.1 Å². The number of anilines is 1. The second kappa shape index (κ2) is 7.47. The molecule has 2 aliphatic heterocycles. The van der Waals surface area contributed by atoms with Crippen LogP contribution in [0.2, 0.25) is 0 Å². The van der Waals surface area contributed by atoms with Crippen LogP contribution in [0.25, 0.3) is 11.2 Å². The third-order valence-corrected chi connectivity index (χ3v) is 5.98. The standard InChI is InChI=1S/C20H23N5O5/c26-9-13-15(27)16(28)19(30-13)25-17-14(18(29)22-10-21-17)23-20(25)24-7-6-12(8-24)11-4-2-1-3-5-11/h1-5,10,12-13,15-16,19,26-28H,6-9H2,(H,21,22,29). The number of hydrogen-bond acceptors (Lipinski definition) is 8. The fourth-order valence-electron chi connectivity index (χ4n) is 4.40. The van der Waals surface area contributed by atoms with Gasteiger partial charge in [0.1, 0.15) is 18.3 Å². The molecule has 0 amide bonds. The second-order valence-electron chi connectivity index (χ2n) is 7.76. The van der Waals surface area contributed by atoms with Crippen LogP contribution in [0, 0.1) is 0 Å². The smallest absolute Gasteiger partial charge is 0.278 e. The van der Waals surface area contributed by atoms with Gasteiger partial charge in [0.05, 0.1) is 12.9 Å². The van der Waals surface area contributed by atoms with Crippen molar-refractivity contribution in [3.63, 3.8) is 0 Å². The monoisotopic (exact) mass is 413 g/mol. The molecule has 2 aliphatic rings. The van der Waals surface area contributed by atoms with Gasteiger partial charge >= 0.3 is 0 Å². The highest BCUT2D eigenvalue weighted by Crippen LogP contribution is 2.37. The Labute approximate surface area is 171 Å². The van der Waals surface area contributed by atoms with Gasteiger partial charge in [-0.15, -0.1) is 0 Å². The third-order valence-electron chi connectivity index (χ3n) is 5.98. The molecule has 0 saturated carbocycles. The van der Waals surface area contributed by atoms with Crippen LogP contribution in [0.3, 0.4) is 0 Å². The van der Waals surface area contributed by atoms with Crippen molar-refractivity contribution in [1.29, 1.82) is 0 Å². The van der Waals surface area contributed by atoms with E-state index in [0.717, 1.165) is 6.42 Å². The summed E-state index contributed by atoms with van der Waals surface area (Å²) in [6, 6.07) is 10.2. The molecule has 0 aliphatic carbocycles. The molecule has 0 radical (unpaired) electrons. The summed E-state index contributed by atoms with van der Waals surface area (Å²) < 4.78 is 7.29. The number of H-pyrrole nitrogens is 1. The number of rotatable bonds is 4. The van der Waals surface area contributed by atoms with Crippen LogP contribution >= 0.6 is 0 Å². The quantitative estimate of drug-likeness (QED) is 0.459. The van der Waals surface area contributed by atoms with Gasteiger partial charge in [0.25, 0.3) is 5.56 Å². The van der Waals surface area contributed by atoms with Gasteiger partial charge < -0.3 is 29.9 Å². The van der Waals surface area contributed by atoms with Gasteiger partial charge in [0, 0.05) is 19.0 Å². The minimum Gasteiger partial charge on any atom is -0.394 e. The number of aromatic nitrogens is 4. The molecule has 4 N–H and O–H groups in total. The van der Waals surface area contributed by atoms with Crippen LogP contribution < -0.4 is 10.5 Å². The Morgan fingerprint density at radius 3 is 2.73 bits per heavy atom. The zero-order valence-corrected chi connectivity index (χ0v) is 16.1. The number of aromatic amines is 1. The van der Waals surface area contributed by atoms with Gasteiger partial charge in [-0.25, -0.2) is 9.97 Å². The first kappa shape index (κ1) is 19.2. The molecule has 2 fully saturated rings. The molecule has 2 aromatic heterocycles. The number of aliphatic hydroxyl groups excluding tert-OH is 3. The zero-order chi connectivity index (χ0) is 20.8. The molecule has 5 unspecified atom stereocenters. The largest absolute Gasteiger partial charge is 0.394 e. The highest BCUT2D eigenvalue weighted by atomic mass is 16.6. The topological polar surface area (TPSA) is 137 Å². The molecule has 5 atom stereocenters. The van der Waals surface area contributed by atoms with E-state index in [-0.39, 0.29) is 11.2 Å². The summed E-state index contributed by atoms with van der Waals surface area (Å²) in [5.41, 5.74) is 1.22. The summed E-state index contributed by atoms with van der Waals surface area (Å²) in [6.45, 7) is 0.945. The van der Waals surface area contributed by atoms with Crippen molar-refractivity contribution in [2.75, 3.05) is 24.6 Å². The average molecular weight is 413 g/mol. The lowest BCUT2D eigenvalue weighted by Gasteiger charge is -2.24. The van der Waals surface area contributed by atoms with Crippen molar-refractivity contribution in [2.45, 2.75) is 36.9 Å². The number of imidazole rings is 1. The van der Waals surface area contributed by atoms with Crippen LogP contribution in [0.4, 0.5) is 5.95 Å². The van der Waals surface area contributed by atoms with Gasteiger partial charge in [-0.1, -0.05) is 30.3 Å². The fourth-order valence-corrected chi connectivity index (χ4v) is 4.40. The Morgan fingerprint density at radius 1 is 1.20 bits per heavy atom. The van der Waals surface area contributed by atoms with E-state index in [1.165, 1.54) is 11.9 Å². The van der Waals surface area contributed by atoms with E-state index in [9.17, 15) is 20.1 Å². The van der Waals surface area contributed by atoms with Crippen LogP contribution in [0.5, 0.6) is 0 Å². The van der Waals surface area contributed by atoms with E-state index in [1.807, 2.05) is 23.1 Å². The van der Waals surface area contributed by atoms with Crippen molar-refractivity contribution in [1.82, 2.24) is 19.5 Å². The lowest BCUT2D eigenvalue weighted by atomic mass is 9.99. The van der Waals surface area contributed by atoms with Gasteiger partial charge in [0.15, 0.2) is 17.4 Å². The number of hydrogen-bond donors (Lipinski definition) is 4. The molecular weight excluding hydrogens is 390 g/mol. The first-order valence-corrected chi connectivity index (χ1v) is 9.96. The van der Waals surface area contributed by atoms with Crippen molar-refractivity contribution in [2.24, 2.45) is 0 Å². The Morgan fingerprint density at radius 2 is 2.00 bits per heavy atom. The van der Waals surface area contributed by atoms with E-state index in [2.05, 4.69) is 27.1 Å². The molecule has 3 aromatic rings. The second-order valence-corrected chi connectivity index (χ2v) is 7.76. The minimum absolute atomic E-state index is 0.133. The number of ether oxygens (including phenoxy) is 1. The van der Waals surface area contributed by atoms with Gasteiger partial charge in [0.2, 0.25) is 5.95 Å². The number of nitrogens with one attached hydrogen (secondary N) is 1. The normalized spacial score (nSPS) is 29.2. The summed E-state index contributed by atoms with van der Waals surface area (Å²) in [5.74, 6) is 0.748. The maximum atomic E-state index is 12.3. The van der Waals surface area contributed by atoms with Crippen molar-refractivity contribution < 1.29 is 20.1 Å². The Hall–Kier alpha value is -2.79. The highest BCUT2D eigenvalue weighted by molar-refractivity contribution is 5.74. The van der Waals surface area contributed by atoms with Crippen LogP contribution in [-0.2, 0) is 4.74 Å². The van der Waals surface area contributed by atoms with Crippen molar-refractivity contribution in [3.05, 3.63) is 52.6 Å². The fraction of sp³-hybridized carbons (Fsp3) is 0.450. The third kappa shape index (κ3) is 3.00. The molecule has 4 heterocycles. The number of aliphatic hydroxyl groups is 3. The lowest BCUT2D eigenvalue weighted by Crippen LogP contribution is -2.34. The summed E-state index contributed by atoms with van der Waals surface area (Å²) in [6.07, 6.45) is -2.34. The van der Waals surface area contributed by atoms with E-state index >= 15 is 0 Å². The molecule has 10 nitrogen and oxygen atoms in total. The van der Waals surface area contributed by atoms with Crippen LogP contribution in [-0.4, -0.2) is 72.8 Å². The van der Waals surface area contributed by atoms with Gasteiger partial charge in [-0.2, -0.15) is 0 Å². The Bertz CT molecular complexity index is 1100. The van der Waals surface area contributed by atoms with E-state index in [1.54, 1.807) is 4.57 Å². The molecular formula is C20H23N5O5. The predicted octanol–water partition coefficient (Wildman–Crippen LogP) is -0.275. The molecule has 10 heteroatoms. The molecule has 5 rings (SSSR count). The highest BCUT2D eigenvalue weighted by Gasteiger charge is 2.45. The number of benzene rings is 1. The molecule has 2 saturated heterocycles. The Balaban J connectivity index is 1.57. The van der Waals surface area contributed by atoms with E-state index in [4.69, 9.17) is 4.74 Å². The molecule has 0 bridgehead atoms. The van der Waals surface area contributed by atoms with Gasteiger partial charge in [-0.3, -0.25) is 9.36 Å². The molecule has 1 aromatic carbocycles. The van der Waals surface area contributed by atoms with Crippen LogP contribution in [0.1, 0.15) is 24.1 Å². The summed E-state index contributed by atoms with van der Waals surface area (Å²) >= 11 is 0. The molecule has 0 spiro atoms. The van der Waals surface area contributed by atoms with Crippen molar-refractivity contribution in [3.8, 4) is 0 Å². The summed E-state index contributed by atoms with van der Waals surface area (Å²) in [5, 5.41) is 30.3. The van der Waals surface area contributed by atoms with E-state index < -0.39 is 36.7 Å². The Kier molecular flexibility index (Phi) is 4.78.